The molecular formula is C10H8ClNO2. The molecule has 0 radical (unpaired) electrons. The third-order valence-electron chi connectivity index (χ3n) is 2.05. The van der Waals surface area contributed by atoms with E-state index >= 15 is 0 Å². The van der Waals surface area contributed by atoms with Crippen molar-refractivity contribution < 1.29 is 9.21 Å². The predicted molar refractivity (Wildman–Crippen MR) is 53.6 cm³/mol. The van der Waals surface area contributed by atoms with Crippen LogP contribution in [-0.4, -0.2) is 10.2 Å². The van der Waals surface area contributed by atoms with Crippen molar-refractivity contribution in [3.8, 4) is 0 Å². The second-order valence-electron chi connectivity index (χ2n) is 2.91. The molecule has 0 aliphatic rings. The van der Waals surface area contributed by atoms with Crippen molar-refractivity contribution in [3.63, 3.8) is 0 Å². The van der Waals surface area contributed by atoms with Gasteiger partial charge in [-0.2, -0.15) is 0 Å². The fourth-order valence-electron chi connectivity index (χ4n) is 1.37. The molecule has 14 heavy (non-hydrogen) atoms. The Kier molecular flexibility index (Phi) is 2.25. The fourth-order valence-corrected chi connectivity index (χ4v) is 1.46. The van der Waals surface area contributed by atoms with E-state index in [-0.39, 0.29) is 5.89 Å². The molecule has 0 amide bonds. The van der Waals surface area contributed by atoms with Gasteiger partial charge >= 0.3 is 5.24 Å². The third kappa shape index (κ3) is 1.40. The van der Waals surface area contributed by atoms with Crippen LogP contribution in [0.3, 0.4) is 0 Å². The van der Waals surface area contributed by atoms with Gasteiger partial charge in [-0.3, -0.25) is 4.79 Å². The van der Waals surface area contributed by atoms with Gasteiger partial charge in [-0.05, 0) is 29.7 Å². The molecule has 3 nitrogen and oxygen atoms in total. The standard InChI is InChI=1S/C10H8ClNO2/c1-2-6-4-3-5-7-8(6)12-10(14-7)9(11)13/h3-5H,2H2,1H3. The van der Waals surface area contributed by atoms with Crippen molar-refractivity contribution in [2.75, 3.05) is 0 Å². The number of para-hydroxylation sites is 1. The summed E-state index contributed by atoms with van der Waals surface area (Å²) in [5, 5.41) is -0.664. The lowest BCUT2D eigenvalue weighted by molar-refractivity contribution is 0.105. The SMILES string of the molecule is CCc1cccc2oc(C(=O)Cl)nc12. The normalized spacial score (nSPS) is 10.7. The quantitative estimate of drug-likeness (QED) is 0.715. The minimum atomic E-state index is -0.664. The molecule has 1 aromatic heterocycles. The van der Waals surface area contributed by atoms with Crippen LogP contribution in [0.4, 0.5) is 0 Å². The van der Waals surface area contributed by atoms with E-state index < -0.39 is 5.24 Å². The third-order valence-corrected chi connectivity index (χ3v) is 2.21. The molecule has 0 N–H and O–H groups in total. The highest BCUT2D eigenvalue weighted by molar-refractivity contribution is 6.67. The number of fused-ring (bicyclic) bond motifs is 1. The first-order chi connectivity index (χ1) is 6.72. The highest BCUT2D eigenvalue weighted by Crippen LogP contribution is 2.20. The molecular weight excluding hydrogens is 202 g/mol. The van der Waals surface area contributed by atoms with Crippen LogP contribution in [0.5, 0.6) is 0 Å². The minimum absolute atomic E-state index is 0.0393. The monoisotopic (exact) mass is 209 g/mol. The Bertz CT molecular complexity index is 490. The van der Waals surface area contributed by atoms with Crippen LogP contribution < -0.4 is 0 Å². The number of rotatable bonds is 2. The summed E-state index contributed by atoms with van der Waals surface area (Å²) in [5.74, 6) is -0.0393. The number of hydrogen-bond acceptors (Lipinski definition) is 3. The van der Waals surface area contributed by atoms with E-state index in [1.54, 1.807) is 6.07 Å². The summed E-state index contributed by atoms with van der Waals surface area (Å²) in [6, 6.07) is 5.59. The maximum absolute atomic E-state index is 10.8. The van der Waals surface area contributed by atoms with E-state index in [4.69, 9.17) is 16.0 Å². The van der Waals surface area contributed by atoms with E-state index in [1.165, 1.54) is 0 Å². The number of halogens is 1. The van der Waals surface area contributed by atoms with Gasteiger partial charge in [0.1, 0.15) is 5.52 Å². The molecule has 0 fully saturated rings. The molecule has 0 saturated carbocycles. The van der Waals surface area contributed by atoms with Gasteiger partial charge in [0.25, 0.3) is 5.89 Å². The fraction of sp³-hybridized carbons (Fsp3) is 0.200. The van der Waals surface area contributed by atoms with E-state index in [9.17, 15) is 4.79 Å². The summed E-state index contributed by atoms with van der Waals surface area (Å²) in [6.07, 6.45) is 0.847. The summed E-state index contributed by atoms with van der Waals surface area (Å²) in [4.78, 5) is 14.9. The lowest BCUT2D eigenvalue weighted by Gasteiger charge is -1.93. The number of oxazole rings is 1. The maximum atomic E-state index is 10.8. The predicted octanol–water partition coefficient (Wildman–Crippen LogP) is 2.77. The second kappa shape index (κ2) is 3.42. The largest absolute Gasteiger partial charge is 0.433 e. The Morgan fingerprint density at radius 3 is 3.00 bits per heavy atom. The van der Waals surface area contributed by atoms with E-state index in [0.29, 0.717) is 5.58 Å². The van der Waals surface area contributed by atoms with E-state index in [1.807, 2.05) is 19.1 Å². The van der Waals surface area contributed by atoms with Gasteiger partial charge in [-0.1, -0.05) is 19.1 Å². The highest BCUT2D eigenvalue weighted by Gasteiger charge is 2.12. The Morgan fingerprint density at radius 2 is 2.36 bits per heavy atom. The summed E-state index contributed by atoms with van der Waals surface area (Å²) >= 11 is 5.28. The molecule has 0 saturated heterocycles. The maximum Gasteiger partial charge on any atom is 0.307 e. The molecule has 2 rings (SSSR count). The molecule has 1 aromatic carbocycles. The van der Waals surface area contributed by atoms with Gasteiger partial charge in [0.05, 0.1) is 0 Å². The van der Waals surface area contributed by atoms with Gasteiger partial charge in [0.15, 0.2) is 5.58 Å². The summed E-state index contributed by atoms with van der Waals surface area (Å²) in [6.45, 7) is 2.02. The minimum Gasteiger partial charge on any atom is -0.433 e. The molecule has 0 spiro atoms. The average Bonchev–Trinajstić information content (AvgIpc) is 2.60. The second-order valence-corrected chi connectivity index (χ2v) is 3.25. The van der Waals surface area contributed by atoms with Crippen molar-refractivity contribution in [1.29, 1.82) is 0 Å². The van der Waals surface area contributed by atoms with E-state index in [2.05, 4.69) is 4.98 Å². The van der Waals surface area contributed by atoms with Gasteiger partial charge in [0.2, 0.25) is 0 Å². The van der Waals surface area contributed by atoms with Crippen molar-refractivity contribution in [3.05, 3.63) is 29.7 Å². The van der Waals surface area contributed by atoms with Crippen LogP contribution in [0.2, 0.25) is 0 Å². The smallest absolute Gasteiger partial charge is 0.307 e. The topological polar surface area (TPSA) is 43.1 Å². The molecule has 72 valence electrons. The van der Waals surface area contributed by atoms with Crippen molar-refractivity contribution >= 4 is 27.9 Å². The molecule has 0 atom stereocenters. The summed E-state index contributed by atoms with van der Waals surface area (Å²) in [5.41, 5.74) is 2.38. The highest BCUT2D eigenvalue weighted by atomic mass is 35.5. The Balaban J connectivity index is 2.70. The molecule has 0 unspecified atom stereocenters. The molecule has 0 aliphatic heterocycles. The Morgan fingerprint density at radius 1 is 1.57 bits per heavy atom. The van der Waals surface area contributed by atoms with Crippen molar-refractivity contribution in [1.82, 2.24) is 4.98 Å². The number of aromatic nitrogens is 1. The van der Waals surface area contributed by atoms with Crippen LogP contribution >= 0.6 is 11.6 Å². The van der Waals surface area contributed by atoms with Gasteiger partial charge < -0.3 is 4.42 Å². The lowest BCUT2D eigenvalue weighted by atomic mass is 10.1. The van der Waals surface area contributed by atoms with Gasteiger partial charge in [-0.15, -0.1) is 0 Å². The zero-order valence-corrected chi connectivity index (χ0v) is 8.34. The van der Waals surface area contributed by atoms with Gasteiger partial charge in [0, 0.05) is 0 Å². The van der Waals surface area contributed by atoms with Crippen molar-refractivity contribution in [2.45, 2.75) is 13.3 Å². The first kappa shape index (κ1) is 9.21. The van der Waals surface area contributed by atoms with Crippen molar-refractivity contribution in [2.24, 2.45) is 0 Å². The van der Waals surface area contributed by atoms with Crippen LogP contribution in [0.1, 0.15) is 23.2 Å². The first-order valence-corrected chi connectivity index (χ1v) is 4.68. The number of carbonyl (C=O) groups excluding carboxylic acids is 1. The molecule has 0 aliphatic carbocycles. The zero-order valence-electron chi connectivity index (χ0n) is 7.58. The first-order valence-electron chi connectivity index (χ1n) is 4.30. The summed E-state index contributed by atoms with van der Waals surface area (Å²) < 4.78 is 5.18. The number of carbonyl (C=O) groups is 1. The van der Waals surface area contributed by atoms with Gasteiger partial charge in [-0.25, -0.2) is 4.98 Å². The molecule has 0 bridgehead atoms. The average molecular weight is 210 g/mol. The van der Waals surface area contributed by atoms with Crippen LogP contribution in [0.25, 0.3) is 11.1 Å². The number of hydrogen-bond donors (Lipinski definition) is 0. The molecule has 2 aromatic rings. The summed E-state index contributed by atoms with van der Waals surface area (Å²) in [7, 11) is 0. The molecule has 4 heteroatoms. The number of aryl methyl sites for hydroxylation is 1. The number of nitrogens with zero attached hydrogens (tertiary/aromatic N) is 1. The van der Waals surface area contributed by atoms with Crippen LogP contribution in [0.15, 0.2) is 22.6 Å². The Hall–Kier alpha value is -1.35. The number of benzene rings is 1. The lowest BCUT2D eigenvalue weighted by Crippen LogP contribution is -1.87. The zero-order chi connectivity index (χ0) is 10.1. The van der Waals surface area contributed by atoms with Crippen LogP contribution in [0, 0.1) is 0 Å². The van der Waals surface area contributed by atoms with Crippen LogP contribution in [-0.2, 0) is 6.42 Å². The molecule has 1 heterocycles. The van der Waals surface area contributed by atoms with E-state index in [0.717, 1.165) is 17.5 Å². The Labute approximate surface area is 85.7 Å².